The van der Waals surface area contributed by atoms with E-state index < -0.39 is 11.7 Å². The quantitative estimate of drug-likeness (QED) is 0.714. The van der Waals surface area contributed by atoms with Crippen LogP contribution in [0.5, 0.6) is 0 Å². The van der Waals surface area contributed by atoms with Crippen LogP contribution in [-0.2, 0) is 9.59 Å². The van der Waals surface area contributed by atoms with Crippen LogP contribution < -0.4 is 5.32 Å². The van der Waals surface area contributed by atoms with Crippen molar-refractivity contribution in [2.75, 3.05) is 0 Å². The zero-order chi connectivity index (χ0) is 20.6. The summed E-state index contributed by atoms with van der Waals surface area (Å²) in [5, 5.41) is 17.9. The lowest BCUT2D eigenvalue weighted by Gasteiger charge is -2.50. The fraction of sp³-hybridized carbons (Fsp3) is 0.842. The number of thioether (sulfide) groups is 1. The third-order valence-corrected chi connectivity index (χ3v) is 8.59. The van der Waals surface area contributed by atoms with Gasteiger partial charge in [0.1, 0.15) is 17.5 Å². The number of hydrogen-bond acceptors (Lipinski definition) is 7. The first-order valence-corrected chi connectivity index (χ1v) is 11.4. The topological polar surface area (TPSA) is 107 Å². The fourth-order valence-electron chi connectivity index (χ4n) is 5.74. The van der Waals surface area contributed by atoms with Crippen molar-refractivity contribution in [1.29, 1.82) is 0 Å². The Labute approximate surface area is 174 Å². The van der Waals surface area contributed by atoms with Gasteiger partial charge in [0.25, 0.3) is 0 Å². The first-order valence-electron chi connectivity index (χ1n) is 10.6. The number of nitrogens with zero attached hydrogens (tertiary/aromatic N) is 5. The number of tetrazole rings is 1. The molecular weight excluding hydrogens is 390 g/mol. The molecule has 0 radical (unpaired) electrons. The molecule has 3 aliphatic heterocycles. The maximum atomic E-state index is 13.5. The van der Waals surface area contributed by atoms with Gasteiger partial charge in [-0.3, -0.25) is 14.9 Å². The van der Waals surface area contributed by atoms with E-state index in [-0.39, 0.29) is 34.0 Å². The van der Waals surface area contributed by atoms with Crippen LogP contribution >= 0.6 is 11.8 Å². The highest BCUT2D eigenvalue weighted by molar-refractivity contribution is 8.01. The highest BCUT2D eigenvalue weighted by Crippen LogP contribution is 2.58. The van der Waals surface area contributed by atoms with E-state index in [1.54, 1.807) is 11.8 Å². The molecule has 9 nitrogen and oxygen atoms in total. The maximum Gasteiger partial charge on any atom is 0.250 e. The molecule has 2 amide bonds. The number of hydrogen-bond donors (Lipinski definition) is 2. The molecule has 4 fully saturated rings. The summed E-state index contributed by atoms with van der Waals surface area (Å²) >= 11 is 1.72. The van der Waals surface area contributed by atoms with E-state index in [1.807, 2.05) is 23.6 Å². The number of aromatic nitrogens is 4. The molecule has 4 aliphatic rings. The van der Waals surface area contributed by atoms with Crippen molar-refractivity contribution in [3.8, 4) is 0 Å². The van der Waals surface area contributed by atoms with Crippen LogP contribution in [0.2, 0.25) is 0 Å². The van der Waals surface area contributed by atoms with Gasteiger partial charge in [-0.15, -0.1) is 22.0 Å². The monoisotopic (exact) mass is 419 g/mol. The lowest BCUT2D eigenvalue weighted by Crippen LogP contribution is -2.71. The normalized spacial score (nSPS) is 36.4. The predicted octanol–water partition coefficient (Wildman–Crippen LogP) is 1.42. The molecule has 2 N–H and O–H groups in total. The summed E-state index contributed by atoms with van der Waals surface area (Å²) in [4.78, 5) is 30.5. The Bertz CT molecular complexity index is 821. The number of rotatable bonds is 3. The van der Waals surface area contributed by atoms with Crippen LogP contribution in [0, 0.1) is 5.92 Å². The van der Waals surface area contributed by atoms with E-state index in [1.165, 1.54) is 19.3 Å². The molecule has 4 heterocycles. The molecule has 1 aliphatic carbocycles. The minimum Gasteiger partial charge on any atom is -0.314 e. The van der Waals surface area contributed by atoms with E-state index in [9.17, 15) is 9.59 Å². The van der Waals surface area contributed by atoms with Crippen LogP contribution in [0.3, 0.4) is 0 Å². The van der Waals surface area contributed by atoms with E-state index >= 15 is 0 Å². The molecule has 3 unspecified atom stereocenters. The standard InChI is InChI=1S/C19H29N7O2S/c1-18(2)13(14-21-23-24-22-14)25-16(28)12(17(25)29-18)26-15(27)11(20-19(26,3)4)10-8-6-5-7-9-10/h10-13,17,20H,5-9H2,1-4H3,(H,21,22,23,24)/t11?,12?,13?,17-/m1/s1. The predicted molar refractivity (Wildman–Crippen MR) is 107 cm³/mol. The van der Waals surface area contributed by atoms with Crippen molar-refractivity contribution in [1.82, 2.24) is 35.7 Å². The van der Waals surface area contributed by atoms with Gasteiger partial charge >= 0.3 is 0 Å². The molecule has 29 heavy (non-hydrogen) atoms. The minimum absolute atomic E-state index is 0.0182. The second-order valence-electron chi connectivity index (χ2n) is 9.76. The Hall–Kier alpha value is -1.68. The van der Waals surface area contributed by atoms with Gasteiger partial charge < -0.3 is 9.80 Å². The Morgan fingerprint density at radius 3 is 2.45 bits per heavy atom. The third-order valence-electron chi connectivity index (χ3n) is 7.03. The summed E-state index contributed by atoms with van der Waals surface area (Å²) in [6.07, 6.45) is 5.80. The molecule has 158 valence electrons. The summed E-state index contributed by atoms with van der Waals surface area (Å²) in [5.41, 5.74) is -0.541. The molecule has 0 spiro atoms. The number of H-pyrrole nitrogens is 1. The first kappa shape index (κ1) is 19.3. The molecule has 10 heteroatoms. The number of fused-ring (bicyclic) bond motifs is 1. The number of aromatic amines is 1. The second kappa shape index (κ2) is 6.41. The van der Waals surface area contributed by atoms with E-state index in [0.29, 0.717) is 11.7 Å². The van der Waals surface area contributed by atoms with Gasteiger partial charge in [-0.25, -0.2) is 0 Å². The van der Waals surface area contributed by atoms with Crippen molar-refractivity contribution in [2.45, 2.75) is 93.7 Å². The lowest BCUT2D eigenvalue weighted by molar-refractivity contribution is -0.165. The molecule has 0 aromatic carbocycles. The Kier molecular flexibility index (Phi) is 4.26. The second-order valence-corrected chi connectivity index (χ2v) is 11.5. The van der Waals surface area contributed by atoms with Crippen LogP contribution in [0.15, 0.2) is 0 Å². The average molecular weight is 420 g/mol. The summed E-state index contributed by atoms with van der Waals surface area (Å²) in [6, 6.07) is -0.873. The smallest absolute Gasteiger partial charge is 0.250 e. The summed E-state index contributed by atoms with van der Waals surface area (Å²) in [5.74, 6) is 0.963. The van der Waals surface area contributed by atoms with E-state index in [2.05, 4.69) is 39.8 Å². The first-order chi connectivity index (χ1) is 13.7. The van der Waals surface area contributed by atoms with Gasteiger partial charge in [-0.2, -0.15) is 5.21 Å². The average Bonchev–Trinajstić information content (AvgIpc) is 3.33. The number of carbonyl (C=O) groups is 2. The molecule has 0 bridgehead atoms. The van der Waals surface area contributed by atoms with Crippen molar-refractivity contribution >= 4 is 23.6 Å². The molecule has 1 aromatic rings. The summed E-state index contributed by atoms with van der Waals surface area (Å²) in [6.45, 7) is 8.24. The summed E-state index contributed by atoms with van der Waals surface area (Å²) in [7, 11) is 0. The highest BCUT2D eigenvalue weighted by atomic mass is 32.2. The van der Waals surface area contributed by atoms with E-state index in [4.69, 9.17) is 0 Å². The lowest BCUT2D eigenvalue weighted by atomic mass is 9.83. The van der Waals surface area contributed by atoms with Gasteiger partial charge in [0.2, 0.25) is 11.8 Å². The largest absolute Gasteiger partial charge is 0.314 e. The molecule has 1 aromatic heterocycles. The molecule has 1 saturated carbocycles. The van der Waals surface area contributed by atoms with Crippen molar-refractivity contribution in [2.24, 2.45) is 5.92 Å². The molecular formula is C19H29N7O2S. The zero-order valence-corrected chi connectivity index (χ0v) is 18.2. The third kappa shape index (κ3) is 2.74. The number of nitrogens with one attached hydrogen (secondary N) is 2. The Morgan fingerprint density at radius 1 is 1.07 bits per heavy atom. The maximum absolute atomic E-state index is 13.5. The summed E-state index contributed by atoms with van der Waals surface area (Å²) < 4.78 is -0.262. The van der Waals surface area contributed by atoms with Crippen LogP contribution in [-0.4, -0.2) is 70.1 Å². The van der Waals surface area contributed by atoms with Crippen LogP contribution in [0.1, 0.15) is 71.7 Å². The number of amides is 2. The van der Waals surface area contributed by atoms with Gasteiger partial charge in [-0.05, 0) is 46.5 Å². The van der Waals surface area contributed by atoms with Gasteiger partial charge in [0.15, 0.2) is 5.82 Å². The SMILES string of the molecule is CC1(C)S[C@@H]2C(N3C(=O)C(C4CCCCC4)NC3(C)C)C(=O)N2C1c1nn[nH]n1. The minimum atomic E-state index is -0.541. The van der Waals surface area contributed by atoms with Crippen LogP contribution in [0.4, 0.5) is 0 Å². The molecule has 3 saturated heterocycles. The molecule has 5 rings (SSSR count). The van der Waals surface area contributed by atoms with Crippen molar-refractivity contribution in [3.05, 3.63) is 5.82 Å². The Morgan fingerprint density at radius 2 is 1.79 bits per heavy atom. The Balaban J connectivity index is 1.42. The van der Waals surface area contributed by atoms with Crippen LogP contribution in [0.25, 0.3) is 0 Å². The molecule has 4 atom stereocenters. The van der Waals surface area contributed by atoms with Crippen molar-refractivity contribution in [3.63, 3.8) is 0 Å². The van der Waals surface area contributed by atoms with E-state index in [0.717, 1.165) is 12.8 Å². The van der Waals surface area contributed by atoms with Crippen molar-refractivity contribution < 1.29 is 9.59 Å². The van der Waals surface area contributed by atoms with Gasteiger partial charge in [0, 0.05) is 4.75 Å². The van der Waals surface area contributed by atoms with Gasteiger partial charge in [-0.1, -0.05) is 24.5 Å². The van der Waals surface area contributed by atoms with Gasteiger partial charge in [0.05, 0.1) is 11.7 Å². The fourth-order valence-corrected chi connectivity index (χ4v) is 7.42. The number of carbonyl (C=O) groups excluding carboxylic acids is 2. The number of β-lactam (4-membered cyclic amide) rings is 1. The highest BCUT2D eigenvalue weighted by Gasteiger charge is 2.68. The zero-order valence-electron chi connectivity index (χ0n) is 17.4.